The molecule has 5 nitrogen and oxygen atoms in total. The van der Waals surface area contributed by atoms with Gasteiger partial charge in [0.05, 0.1) is 7.11 Å². The second-order valence-electron chi connectivity index (χ2n) is 3.98. The van der Waals surface area contributed by atoms with Crippen LogP contribution in [0, 0.1) is 5.82 Å². The molecule has 0 saturated carbocycles. The maximum Gasteiger partial charge on any atom is 0.240 e. The zero-order chi connectivity index (χ0) is 13.4. The smallest absolute Gasteiger partial charge is 0.240 e. The zero-order valence-electron chi connectivity index (χ0n) is 10.2. The Labute approximate surface area is 108 Å². The number of aromatic nitrogens is 3. The Balaban J connectivity index is 2.30. The molecule has 0 saturated heterocycles. The summed E-state index contributed by atoms with van der Waals surface area (Å²) in [5.41, 5.74) is 7.09. The van der Waals surface area contributed by atoms with Gasteiger partial charge in [-0.05, 0) is 18.2 Å². The molecule has 3 aromatic rings. The number of nitrogen functional groups attached to an aromatic ring is 1. The molecule has 2 aromatic heterocycles. The number of rotatable bonds is 2. The summed E-state index contributed by atoms with van der Waals surface area (Å²) in [6, 6.07) is 8.48. The van der Waals surface area contributed by atoms with Crippen LogP contribution in [0.15, 0.2) is 36.5 Å². The third-order valence-corrected chi connectivity index (χ3v) is 2.85. The van der Waals surface area contributed by atoms with Crippen LogP contribution in [0.1, 0.15) is 0 Å². The molecule has 96 valence electrons. The fraction of sp³-hybridized carbons (Fsp3) is 0.0769. The van der Waals surface area contributed by atoms with Gasteiger partial charge in [-0.25, -0.2) is 8.91 Å². The van der Waals surface area contributed by atoms with Gasteiger partial charge in [0.1, 0.15) is 0 Å². The molecule has 0 bridgehead atoms. The second kappa shape index (κ2) is 4.24. The van der Waals surface area contributed by atoms with Crippen molar-refractivity contribution in [2.75, 3.05) is 12.8 Å². The highest BCUT2D eigenvalue weighted by atomic mass is 19.1. The molecule has 0 aliphatic heterocycles. The van der Waals surface area contributed by atoms with E-state index in [1.54, 1.807) is 36.5 Å². The lowest BCUT2D eigenvalue weighted by Crippen LogP contribution is -1.94. The van der Waals surface area contributed by atoms with Crippen LogP contribution in [-0.4, -0.2) is 21.7 Å². The number of hydrogen-bond acceptors (Lipinski definition) is 4. The van der Waals surface area contributed by atoms with Gasteiger partial charge in [-0.2, -0.15) is 4.98 Å². The average molecular weight is 258 g/mol. The van der Waals surface area contributed by atoms with Crippen LogP contribution in [0.5, 0.6) is 5.75 Å². The number of fused-ring (bicyclic) bond motifs is 1. The van der Waals surface area contributed by atoms with Gasteiger partial charge in [0.25, 0.3) is 0 Å². The van der Waals surface area contributed by atoms with Crippen LogP contribution in [0.4, 0.5) is 10.3 Å². The number of halogens is 1. The standard InChI is InChI=1S/C13H11FN4O/c1-19-10-6-2-4-8(11(10)14)9-5-3-7-18-12(9)16-13(15)17-18/h2-7H,1H3,(H2,15,17). The number of benzene rings is 1. The number of hydrogen-bond donors (Lipinski definition) is 1. The van der Waals surface area contributed by atoms with Crippen molar-refractivity contribution < 1.29 is 9.13 Å². The van der Waals surface area contributed by atoms with Gasteiger partial charge in [-0.1, -0.05) is 12.1 Å². The van der Waals surface area contributed by atoms with Crippen LogP contribution in [0.3, 0.4) is 0 Å². The third-order valence-electron chi connectivity index (χ3n) is 2.85. The lowest BCUT2D eigenvalue weighted by Gasteiger charge is -2.07. The predicted octanol–water partition coefficient (Wildman–Crippen LogP) is 2.13. The van der Waals surface area contributed by atoms with Gasteiger partial charge in [-0.15, -0.1) is 5.10 Å². The van der Waals surface area contributed by atoms with Crippen LogP contribution >= 0.6 is 0 Å². The Morgan fingerprint density at radius 1 is 1.21 bits per heavy atom. The Hall–Kier alpha value is -2.63. The minimum atomic E-state index is -0.431. The molecule has 6 heteroatoms. The van der Waals surface area contributed by atoms with Crippen LogP contribution in [0.2, 0.25) is 0 Å². The summed E-state index contributed by atoms with van der Waals surface area (Å²) >= 11 is 0. The zero-order valence-corrected chi connectivity index (χ0v) is 10.2. The number of nitrogens with zero attached hydrogens (tertiary/aromatic N) is 3. The lowest BCUT2D eigenvalue weighted by atomic mass is 10.1. The molecule has 0 amide bonds. The maximum atomic E-state index is 14.3. The van der Waals surface area contributed by atoms with Crippen molar-refractivity contribution in [2.45, 2.75) is 0 Å². The molecule has 0 spiro atoms. The van der Waals surface area contributed by atoms with E-state index in [0.29, 0.717) is 16.8 Å². The summed E-state index contributed by atoms with van der Waals surface area (Å²) in [6.45, 7) is 0. The topological polar surface area (TPSA) is 65.4 Å². The number of nitrogens with two attached hydrogens (primary N) is 1. The average Bonchev–Trinajstić information content (AvgIpc) is 2.79. The molecule has 0 radical (unpaired) electrons. The van der Waals surface area contributed by atoms with Crippen molar-refractivity contribution in [1.82, 2.24) is 14.6 Å². The highest BCUT2D eigenvalue weighted by Gasteiger charge is 2.14. The van der Waals surface area contributed by atoms with E-state index in [4.69, 9.17) is 10.5 Å². The Kier molecular flexibility index (Phi) is 2.56. The number of ether oxygens (including phenoxy) is 1. The molecular formula is C13H11FN4O. The lowest BCUT2D eigenvalue weighted by molar-refractivity contribution is 0.387. The molecule has 0 fully saturated rings. The molecule has 0 unspecified atom stereocenters. The molecule has 0 atom stereocenters. The first-order chi connectivity index (χ1) is 9.20. The van der Waals surface area contributed by atoms with E-state index in [9.17, 15) is 4.39 Å². The normalized spacial score (nSPS) is 10.8. The van der Waals surface area contributed by atoms with Crippen LogP contribution in [-0.2, 0) is 0 Å². The van der Waals surface area contributed by atoms with Gasteiger partial charge < -0.3 is 10.5 Å². The molecule has 1 aromatic carbocycles. The number of pyridine rings is 1. The Morgan fingerprint density at radius 2 is 2.00 bits per heavy atom. The number of methoxy groups -OCH3 is 1. The van der Waals surface area contributed by atoms with Crippen molar-refractivity contribution in [2.24, 2.45) is 0 Å². The quantitative estimate of drug-likeness (QED) is 0.764. The van der Waals surface area contributed by atoms with Gasteiger partial charge in [0, 0.05) is 17.3 Å². The van der Waals surface area contributed by atoms with Crippen LogP contribution < -0.4 is 10.5 Å². The Morgan fingerprint density at radius 3 is 2.79 bits per heavy atom. The summed E-state index contributed by atoms with van der Waals surface area (Å²) in [7, 11) is 1.43. The first-order valence-corrected chi connectivity index (χ1v) is 5.64. The van der Waals surface area contributed by atoms with Crippen LogP contribution in [0.25, 0.3) is 16.8 Å². The highest BCUT2D eigenvalue weighted by Crippen LogP contribution is 2.31. The number of anilines is 1. The molecule has 2 heterocycles. The SMILES string of the molecule is COc1cccc(-c2cccn3nc(N)nc23)c1F. The van der Waals surface area contributed by atoms with Crippen molar-refractivity contribution in [1.29, 1.82) is 0 Å². The van der Waals surface area contributed by atoms with E-state index >= 15 is 0 Å². The predicted molar refractivity (Wildman–Crippen MR) is 69.3 cm³/mol. The summed E-state index contributed by atoms with van der Waals surface area (Å²) in [5.74, 6) is -0.0950. The molecule has 0 aliphatic rings. The summed E-state index contributed by atoms with van der Waals surface area (Å²) < 4.78 is 20.8. The van der Waals surface area contributed by atoms with Gasteiger partial charge in [-0.3, -0.25) is 0 Å². The first-order valence-electron chi connectivity index (χ1n) is 5.64. The minimum Gasteiger partial charge on any atom is -0.494 e. The highest BCUT2D eigenvalue weighted by molar-refractivity contribution is 5.79. The van der Waals surface area contributed by atoms with E-state index in [-0.39, 0.29) is 11.7 Å². The molecular weight excluding hydrogens is 247 g/mol. The van der Waals surface area contributed by atoms with Crippen molar-refractivity contribution >= 4 is 11.6 Å². The third kappa shape index (κ3) is 1.77. The fourth-order valence-corrected chi connectivity index (χ4v) is 2.01. The Bertz CT molecular complexity index is 753. The van der Waals surface area contributed by atoms with Crippen molar-refractivity contribution in [3.8, 4) is 16.9 Å². The van der Waals surface area contributed by atoms with Gasteiger partial charge in [0.15, 0.2) is 17.2 Å². The fourth-order valence-electron chi connectivity index (χ4n) is 2.01. The van der Waals surface area contributed by atoms with E-state index < -0.39 is 5.82 Å². The molecule has 0 aliphatic carbocycles. The van der Waals surface area contributed by atoms with E-state index in [2.05, 4.69) is 10.1 Å². The molecule has 3 rings (SSSR count). The van der Waals surface area contributed by atoms with E-state index in [1.807, 2.05) is 0 Å². The monoisotopic (exact) mass is 258 g/mol. The van der Waals surface area contributed by atoms with E-state index in [1.165, 1.54) is 11.6 Å². The van der Waals surface area contributed by atoms with Gasteiger partial charge in [0.2, 0.25) is 5.95 Å². The van der Waals surface area contributed by atoms with Crippen molar-refractivity contribution in [3.05, 3.63) is 42.3 Å². The minimum absolute atomic E-state index is 0.149. The molecule has 19 heavy (non-hydrogen) atoms. The first kappa shape index (κ1) is 11.5. The molecule has 2 N–H and O–H groups in total. The largest absolute Gasteiger partial charge is 0.494 e. The second-order valence-corrected chi connectivity index (χ2v) is 3.98. The summed E-state index contributed by atoms with van der Waals surface area (Å²) in [6.07, 6.45) is 1.71. The maximum absolute atomic E-state index is 14.3. The van der Waals surface area contributed by atoms with Gasteiger partial charge >= 0.3 is 0 Å². The van der Waals surface area contributed by atoms with E-state index in [0.717, 1.165) is 0 Å². The summed E-state index contributed by atoms with van der Waals surface area (Å²) in [4.78, 5) is 4.11. The summed E-state index contributed by atoms with van der Waals surface area (Å²) in [5, 5.41) is 4.00. The van der Waals surface area contributed by atoms with Crippen molar-refractivity contribution in [3.63, 3.8) is 0 Å².